The molecule has 0 aliphatic carbocycles. The van der Waals surface area contributed by atoms with Crippen molar-refractivity contribution in [1.82, 2.24) is 10.6 Å². The van der Waals surface area contributed by atoms with Crippen LogP contribution < -0.4 is 15.4 Å². The molecule has 2 N–H and O–H groups in total. The Hall–Kier alpha value is -2.48. The first-order valence-corrected chi connectivity index (χ1v) is 7.46. The van der Waals surface area contributed by atoms with Crippen LogP contribution in [-0.4, -0.2) is 26.1 Å². The third-order valence-corrected chi connectivity index (χ3v) is 3.16. The zero-order valence-electron chi connectivity index (χ0n) is 13.2. The highest BCUT2D eigenvalue weighted by atomic mass is 16.5. The molecule has 0 saturated carbocycles. The third kappa shape index (κ3) is 5.88. The molecule has 1 aromatic carbocycles. The predicted octanol–water partition coefficient (Wildman–Crippen LogP) is 2.15. The summed E-state index contributed by atoms with van der Waals surface area (Å²) >= 11 is 0. The fraction of sp³-hybridized carbons (Fsp3) is 0.412. The first-order valence-electron chi connectivity index (χ1n) is 7.46. The van der Waals surface area contributed by atoms with Crippen molar-refractivity contribution in [2.45, 2.75) is 26.2 Å². The molecule has 1 rings (SSSR count). The summed E-state index contributed by atoms with van der Waals surface area (Å²) in [5.74, 6) is 0.506. The van der Waals surface area contributed by atoms with Crippen LogP contribution in [0.4, 0.5) is 0 Å². The maximum atomic E-state index is 11.8. The first-order chi connectivity index (χ1) is 10.7. The van der Waals surface area contributed by atoms with Crippen LogP contribution in [0.3, 0.4) is 0 Å². The number of hydrogen-bond acceptors (Lipinski definition) is 4. The number of rotatable bonds is 9. The van der Waals surface area contributed by atoms with Crippen LogP contribution in [0.5, 0.6) is 5.75 Å². The van der Waals surface area contributed by atoms with Crippen LogP contribution >= 0.6 is 0 Å². The molecular weight excluding hydrogens is 278 g/mol. The lowest BCUT2D eigenvalue weighted by atomic mass is 10.1. The van der Waals surface area contributed by atoms with Gasteiger partial charge < -0.3 is 15.4 Å². The SMILES string of the molecule is CCCCNC(=O)/C(C#N)=C\NCCc1ccccc1OC. The van der Waals surface area contributed by atoms with E-state index in [0.29, 0.717) is 13.1 Å². The van der Waals surface area contributed by atoms with Gasteiger partial charge in [-0.05, 0) is 24.5 Å². The topological polar surface area (TPSA) is 74.2 Å². The summed E-state index contributed by atoms with van der Waals surface area (Å²) in [5.41, 5.74) is 1.17. The van der Waals surface area contributed by atoms with Gasteiger partial charge in [0.2, 0.25) is 0 Å². The number of carbonyl (C=O) groups is 1. The normalized spacial score (nSPS) is 10.7. The largest absolute Gasteiger partial charge is 0.496 e. The quantitative estimate of drug-likeness (QED) is 0.416. The second-order valence-corrected chi connectivity index (χ2v) is 4.80. The summed E-state index contributed by atoms with van der Waals surface area (Å²) in [4.78, 5) is 11.8. The molecule has 22 heavy (non-hydrogen) atoms. The molecule has 0 aromatic heterocycles. The van der Waals surface area contributed by atoms with Crippen molar-refractivity contribution in [2.24, 2.45) is 0 Å². The molecule has 0 spiro atoms. The van der Waals surface area contributed by atoms with Crippen molar-refractivity contribution in [2.75, 3.05) is 20.2 Å². The Balaban J connectivity index is 2.45. The standard InChI is InChI=1S/C17H23N3O2/c1-3-4-10-20-17(21)15(12-18)13-19-11-9-14-7-5-6-8-16(14)22-2/h5-8,13,19H,3-4,9-11H2,1-2H3,(H,20,21)/b15-13-. The second-order valence-electron chi connectivity index (χ2n) is 4.80. The molecule has 0 fully saturated rings. The number of nitrogens with zero attached hydrogens (tertiary/aromatic N) is 1. The fourth-order valence-corrected chi connectivity index (χ4v) is 1.91. The van der Waals surface area contributed by atoms with Crippen molar-refractivity contribution in [3.8, 4) is 11.8 Å². The van der Waals surface area contributed by atoms with Crippen molar-refractivity contribution in [3.63, 3.8) is 0 Å². The molecule has 0 aliphatic rings. The molecule has 0 bridgehead atoms. The number of benzene rings is 1. The molecule has 0 atom stereocenters. The summed E-state index contributed by atoms with van der Waals surface area (Å²) in [7, 11) is 1.64. The van der Waals surface area contributed by atoms with E-state index in [9.17, 15) is 4.79 Å². The van der Waals surface area contributed by atoms with E-state index in [1.807, 2.05) is 37.3 Å². The van der Waals surface area contributed by atoms with Gasteiger partial charge in [-0.1, -0.05) is 31.5 Å². The minimum absolute atomic E-state index is 0.0936. The van der Waals surface area contributed by atoms with E-state index in [1.54, 1.807) is 7.11 Å². The fourth-order valence-electron chi connectivity index (χ4n) is 1.91. The number of nitrogens with one attached hydrogen (secondary N) is 2. The molecule has 0 saturated heterocycles. The second kappa shape index (κ2) is 10.3. The number of hydrogen-bond donors (Lipinski definition) is 2. The summed E-state index contributed by atoms with van der Waals surface area (Å²) in [6, 6.07) is 9.69. The van der Waals surface area contributed by atoms with E-state index in [0.717, 1.165) is 30.6 Å². The van der Waals surface area contributed by atoms with Crippen molar-refractivity contribution < 1.29 is 9.53 Å². The number of amides is 1. The number of carbonyl (C=O) groups excluding carboxylic acids is 1. The van der Waals surface area contributed by atoms with E-state index in [-0.39, 0.29) is 11.5 Å². The van der Waals surface area contributed by atoms with Crippen LogP contribution in [0.25, 0.3) is 0 Å². The number of nitriles is 1. The monoisotopic (exact) mass is 301 g/mol. The van der Waals surface area contributed by atoms with E-state index in [1.165, 1.54) is 6.20 Å². The Bertz CT molecular complexity index is 547. The number of ether oxygens (including phenoxy) is 1. The lowest BCUT2D eigenvalue weighted by molar-refractivity contribution is -0.117. The molecule has 0 unspecified atom stereocenters. The lowest BCUT2D eigenvalue weighted by Crippen LogP contribution is -2.26. The Labute approximate surface area is 132 Å². The number of para-hydroxylation sites is 1. The molecule has 118 valence electrons. The van der Waals surface area contributed by atoms with Crippen molar-refractivity contribution in [3.05, 3.63) is 41.6 Å². The molecule has 1 amide bonds. The van der Waals surface area contributed by atoms with Crippen LogP contribution in [-0.2, 0) is 11.2 Å². The third-order valence-electron chi connectivity index (χ3n) is 3.16. The minimum Gasteiger partial charge on any atom is -0.496 e. The highest BCUT2D eigenvalue weighted by Gasteiger charge is 2.07. The maximum absolute atomic E-state index is 11.8. The number of methoxy groups -OCH3 is 1. The molecule has 0 heterocycles. The average molecular weight is 301 g/mol. The number of unbranched alkanes of at least 4 members (excludes halogenated alkanes) is 1. The van der Waals surface area contributed by atoms with Gasteiger partial charge >= 0.3 is 0 Å². The lowest BCUT2D eigenvalue weighted by Gasteiger charge is -2.08. The summed E-state index contributed by atoms with van der Waals surface area (Å²) in [5, 5.41) is 14.7. The van der Waals surface area contributed by atoms with Gasteiger partial charge in [0, 0.05) is 19.3 Å². The van der Waals surface area contributed by atoms with Crippen molar-refractivity contribution in [1.29, 1.82) is 5.26 Å². The van der Waals surface area contributed by atoms with Gasteiger partial charge in [0.25, 0.3) is 5.91 Å². The van der Waals surface area contributed by atoms with Gasteiger partial charge in [0.1, 0.15) is 17.4 Å². The summed E-state index contributed by atoms with van der Waals surface area (Å²) in [6.45, 7) is 3.26. The molecule has 5 heteroatoms. The minimum atomic E-state index is -0.333. The Morgan fingerprint density at radius 3 is 2.82 bits per heavy atom. The Morgan fingerprint density at radius 2 is 2.14 bits per heavy atom. The Morgan fingerprint density at radius 1 is 1.36 bits per heavy atom. The molecular formula is C17H23N3O2. The van der Waals surface area contributed by atoms with E-state index >= 15 is 0 Å². The summed E-state index contributed by atoms with van der Waals surface area (Å²) in [6.07, 6.45) is 4.13. The van der Waals surface area contributed by atoms with E-state index in [4.69, 9.17) is 10.00 Å². The van der Waals surface area contributed by atoms with Crippen LogP contribution in [0.15, 0.2) is 36.0 Å². The van der Waals surface area contributed by atoms with Gasteiger partial charge in [-0.15, -0.1) is 0 Å². The smallest absolute Gasteiger partial charge is 0.263 e. The van der Waals surface area contributed by atoms with E-state index < -0.39 is 0 Å². The average Bonchev–Trinajstić information content (AvgIpc) is 2.55. The van der Waals surface area contributed by atoms with Crippen LogP contribution in [0, 0.1) is 11.3 Å². The Kier molecular flexibility index (Phi) is 8.21. The van der Waals surface area contributed by atoms with E-state index in [2.05, 4.69) is 10.6 Å². The van der Waals surface area contributed by atoms with Gasteiger partial charge in [0.15, 0.2) is 0 Å². The maximum Gasteiger partial charge on any atom is 0.263 e. The van der Waals surface area contributed by atoms with Crippen LogP contribution in [0.1, 0.15) is 25.3 Å². The molecule has 1 aromatic rings. The highest BCUT2D eigenvalue weighted by Crippen LogP contribution is 2.17. The predicted molar refractivity (Wildman–Crippen MR) is 86.3 cm³/mol. The molecule has 0 radical (unpaired) electrons. The van der Waals surface area contributed by atoms with Crippen molar-refractivity contribution >= 4 is 5.91 Å². The zero-order valence-corrected chi connectivity index (χ0v) is 13.2. The van der Waals surface area contributed by atoms with Gasteiger partial charge in [-0.3, -0.25) is 4.79 Å². The molecule has 0 aliphatic heterocycles. The molecule has 5 nitrogen and oxygen atoms in total. The highest BCUT2D eigenvalue weighted by molar-refractivity contribution is 5.97. The van der Waals surface area contributed by atoms with Crippen LogP contribution in [0.2, 0.25) is 0 Å². The summed E-state index contributed by atoms with van der Waals surface area (Å²) < 4.78 is 5.28. The zero-order chi connectivity index (χ0) is 16.2. The van der Waals surface area contributed by atoms with Gasteiger partial charge in [0.05, 0.1) is 7.11 Å². The first kappa shape index (κ1) is 17.6. The van der Waals surface area contributed by atoms with Gasteiger partial charge in [-0.25, -0.2) is 0 Å². The van der Waals surface area contributed by atoms with Gasteiger partial charge in [-0.2, -0.15) is 5.26 Å².